The average Bonchev–Trinajstić information content (AvgIpc) is 2.57. The van der Waals surface area contributed by atoms with E-state index in [1.807, 2.05) is 6.92 Å². The molecule has 0 saturated heterocycles. The molecule has 0 saturated carbocycles. The summed E-state index contributed by atoms with van der Waals surface area (Å²) in [5.74, 6) is 0.0786. The van der Waals surface area contributed by atoms with E-state index in [-0.39, 0.29) is 4.90 Å². The van der Waals surface area contributed by atoms with Crippen LogP contribution in [0.25, 0.3) is 0 Å². The highest BCUT2D eigenvalue weighted by molar-refractivity contribution is 7.92. The van der Waals surface area contributed by atoms with Gasteiger partial charge in [0.2, 0.25) is 0 Å². The van der Waals surface area contributed by atoms with Crippen molar-refractivity contribution in [2.45, 2.75) is 18.7 Å². The number of anilines is 1. The van der Waals surface area contributed by atoms with E-state index in [0.717, 1.165) is 0 Å². The number of rotatable bonds is 6. The van der Waals surface area contributed by atoms with Crippen molar-refractivity contribution in [2.24, 2.45) is 0 Å². The second-order valence-corrected chi connectivity index (χ2v) is 6.66. The fraction of sp³-hybridized carbons (Fsp3) is 0.235. The zero-order valence-electron chi connectivity index (χ0n) is 13.7. The van der Waals surface area contributed by atoms with Crippen LogP contribution < -0.4 is 9.46 Å². The molecule has 1 N–H and O–H groups in total. The highest BCUT2D eigenvalue weighted by atomic mass is 32.2. The molecule has 0 aliphatic rings. The molecular weight excluding hydrogens is 330 g/mol. The van der Waals surface area contributed by atoms with E-state index < -0.39 is 16.0 Å². The summed E-state index contributed by atoms with van der Waals surface area (Å²) in [6.07, 6.45) is 0. The number of hydrogen-bond acceptors (Lipinski definition) is 5. The Morgan fingerprint density at radius 3 is 2.38 bits per heavy atom. The van der Waals surface area contributed by atoms with E-state index >= 15 is 0 Å². The van der Waals surface area contributed by atoms with Crippen LogP contribution >= 0.6 is 0 Å². The Bertz CT molecular complexity index is 829. The van der Waals surface area contributed by atoms with Crippen LogP contribution in [0.15, 0.2) is 47.4 Å². The summed E-state index contributed by atoms with van der Waals surface area (Å²) in [6.45, 7) is 4.01. The van der Waals surface area contributed by atoms with Crippen LogP contribution in [0, 0.1) is 6.92 Å². The third kappa shape index (κ3) is 3.86. The molecule has 0 amide bonds. The maximum absolute atomic E-state index is 12.5. The van der Waals surface area contributed by atoms with Crippen LogP contribution in [0.5, 0.6) is 5.75 Å². The van der Waals surface area contributed by atoms with Gasteiger partial charge in [-0.1, -0.05) is 6.07 Å². The number of carbonyl (C=O) groups is 1. The summed E-state index contributed by atoms with van der Waals surface area (Å²) in [6, 6.07) is 10.9. The van der Waals surface area contributed by atoms with E-state index in [4.69, 9.17) is 9.47 Å². The number of carbonyl (C=O) groups excluding carboxylic acids is 1. The summed E-state index contributed by atoms with van der Waals surface area (Å²) in [5.41, 5.74) is 1.13. The SMILES string of the molecule is CCOc1ccc(S(=O)(=O)Nc2cccc(C(=O)OC)c2C)cc1. The van der Waals surface area contributed by atoms with Crippen LogP contribution in [0.2, 0.25) is 0 Å². The van der Waals surface area contributed by atoms with Gasteiger partial charge in [0, 0.05) is 0 Å². The molecule has 0 fully saturated rings. The van der Waals surface area contributed by atoms with Crippen LogP contribution in [0.4, 0.5) is 5.69 Å². The molecule has 0 aromatic heterocycles. The number of methoxy groups -OCH3 is 1. The molecule has 128 valence electrons. The fourth-order valence-corrected chi connectivity index (χ4v) is 3.29. The molecule has 2 rings (SSSR count). The van der Waals surface area contributed by atoms with E-state index in [1.54, 1.807) is 37.3 Å². The summed E-state index contributed by atoms with van der Waals surface area (Å²) >= 11 is 0. The molecule has 0 aliphatic heterocycles. The second-order valence-electron chi connectivity index (χ2n) is 4.98. The summed E-state index contributed by atoms with van der Waals surface area (Å²) in [5, 5.41) is 0. The molecular formula is C17H19NO5S. The Morgan fingerprint density at radius 1 is 1.12 bits per heavy atom. The van der Waals surface area contributed by atoms with Gasteiger partial charge in [-0.15, -0.1) is 0 Å². The van der Waals surface area contributed by atoms with E-state index in [1.165, 1.54) is 19.2 Å². The highest BCUT2D eigenvalue weighted by Gasteiger charge is 2.18. The van der Waals surface area contributed by atoms with Crippen LogP contribution in [-0.4, -0.2) is 28.1 Å². The van der Waals surface area contributed by atoms with Gasteiger partial charge in [-0.05, 0) is 55.8 Å². The Labute approximate surface area is 141 Å². The van der Waals surface area contributed by atoms with Crippen molar-refractivity contribution in [3.63, 3.8) is 0 Å². The van der Waals surface area contributed by atoms with Gasteiger partial charge in [-0.25, -0.2) is 13.2 Å². The van der Waals surface area contributed by atoms with E-state index in [0.29, 0.717) is 29.2 Å². The van der Waals surface area contributed by atoms with Crippen molar-refractivity contribution < 1.29 is 22.7 Å². The van der Waals surface area contributed by atoms with Crippen LogP contribution in [0.3, 0.4) is 0 Å². The largest absolute Gasteiger partial charge is 0.494 e. The Morgan fingerprint density at radius 2 is 1.79 bits per heavy atom. The maximum atomic E-state index is 12.5. The number of hydrogen-bond donors (Lipinski definition) is 1. The first-order valence-electron chi connectivity index (χ1n) is 7.32. The zero-order valence-corrected chi connectivity index (χ0v) is 14.5. The number of ether oxygens (including phenoxy) is 2. The second kappa shape index (κ2) is 7.35. The smallest absolute Gasteiger partial charge is 0.338 e. The van der Waals surface area contributed by atoms with Crippen molar-refractivity contribution >= 4 is 21.7 Å². The third-order valence-electron chi connectivity index (χ3n) is 3.43. The molecule has 2 aromatic rings. The van der Waals surface area contributed by atoms with Gasteiger partial charge in [-0.2, -0.15) is 0 Å². The Hall–Kier alpha value is -2.54. The standard InChI is InChI=1S/C17H19NO5S/c1-4-23-13-8-10-14(11-9-13)24(20,21)18-16-7-5-6-15(12(16)2)17(19)22-3/h5-11,18H,4H2,1-3H3. The lowest BCUT2D eigenvalue weighted by molar-refractivity contribution is 0.0600. The minimum Gasteiger partial charge on any atom is -0.494 e. The van der Waals surface area contributed by atoms with Crippen LogP contribution in [-0.2, 0) is 14.8 Å². The molecule has 2 aromatic carbocycles. The molecule has 0 atom stereocenters. The number of benzene rings is 2. The lowest BCUT2D eigenvalue weighted by Crippen LogP contribution is -2.15. The molecule has 0 bridgehead atoms. The Kier molecular flexibility index (Phi) is 5.46. The van der Waals surface area contributed by atoms with E-state index in [9.17, 15) is 13.2 Å². The predicted octanol–water partition coefficient (Wildman–Crippen LogP) is 2.98. The van der Waals surface area contributed by atoms with Gasteiger partial charge < -0.3 is 9.47 Å². The van der Waals surface area contributed by atoms with Gasteiger partial charge >= 0.3 is 5.97 Å². The highest BCUT2D eigenvalue weighted by Crippen LogP contribution is 2.24. The normalized spacial score (nSPS) is 11.0. The first-order chi connectivity index (χ1) is 11.4. The first-order valence-corrected chi connectivity index (χ1v) is 8.81. The molecule has 0 spiro atoms. The van der Waals surface area contributed by atoms with Gasteiger partial charge in [0.05, 0.1) is 29.9 Å². The monoisotopic (exact) mass is 349 g/mol. The maximum Gasteiger partial charge on any atom is 0.338 e. The minimum atomic E-state index is -3.77. The molecule has 6 nitrogen and oxygen atoms in total. The van der Waals surface area contributed by atoms with Crippen molar-refractivity contribution in [3.05, 3.63) is 53.6 Å². The van der Waals surface area contributed by atoms with Crippen molar-refractivity contribution in [1.29, 1.82) is 0 Å². The van der Waals surface area contributed by atoms with Gasteiger partial charge in [0.25, 0.3) is 10.0 Å². The topological polar surface area (TPSA) is 81.7 Å². The summed E-state index contributed by atoms with van der Waals surface area (Å²) < 4.78 is 37.5. The summed E-state index contributed by atoms with van der Waals surface area (Å²) in [4.78, 5) is 11.8. The van der Waals surface area contributed by atoms with Gasteiger partial charge in [0.15, 0.2) is 0 Å². The van der Waals surface area contributed by atoms with Crippen molar-refractivity contribution in [3.8, 4) is 5.75 Å². The number of sulfonamides is 1. The zero-order chi connectivity index (χ0) is 17.7. The molecule has 0 radical (unpaired) electrons. The molecule has 0 aliphatic carbocycles. The molecule has 24 heavy (non-hydrogen) atoms. The third-order valence-corrected chi connectivity index (χ3v) is 4.81. The number of esters is 1. The van der Waals surface area contributed by atoms with Gasteiger partial charge in [0.1, 0.15) is 5.75 Å². The molecule has 0 unspecified atom stereocenters. The quantitative estimate of drug-likeness (QED) is 0.811. The lowest BCUT2D eigenvalue weighted by Gasteiger charge is -2.13. The van der Waals surface area contributed by atoms with Crippen molar-refractivity contribution in [2.75, 3.05) is 18.4 Å². The van der Waals surface area contributed by atoms with E-state index in [2.05, 4.69) is 4.72 Å². The average molecular weight is 349 g/mol. The lowest BCUT2D eigenvalue weighted by atomic mass is 10.1. The molecule has 0 heterocycles. The fourth-order valence-electron chi connectivity index (χ4n) is 2.16. The predicted molar refractivity (Wildman–Crippen MR) is 90.9 cm³/mol. The minimum absolute atomic E-state index is 0.105. The van der Waals surface area contributed by atoms with Crippen LogP contribution in [0.1, 0.15) is 22.8 Å². The first kappa shape index (κ1) is 17.8. The van der Waals surface area contributed by atoms with Gasteiger partial charge in [-0.3, -0.25) is 4.72 Å². The molecule has 7 heteroatoms. The summed E-state index contributed by atoms with van der Waals surface area (Å²) in [7, 11) is -2.50. The van der Waals surface area contributed by atoms with Crippen molar-refractivity contribution in [1.82, 2.24) is 0 Å². The Balaban J connectivity index is 2.31. The number of nitrogens with one attached hydrogen (secondary N) is 1.